The third-order valence-corrected chi connectivity index (χ3v) is 15.6. The maximum atomic E-state index is 12.3. The average Bonchev–Trinajstić information content (AvgIpc) is 2.95. The van der Waals surface area contributed by atoms with Crippen molar-refractivity contribution in [1.29, 1.82) is 0 Å². The summed E-state index contributed by atoms with van der Waals surface area (Å²) in [6.45, 7) is 19.8. The van der Waals surface area contributed by atoms with Gasteiger partial charge in [-0.3, -0.25) is 4.57 Å². The van der Waals surface area contributed by atoms with E-state index in [1.807, 2.05) is 6.92 Å². The Balaban J connectivity index is 2.24. The number of ether oxygens (including phenoxy) is 1. The van der Waals surface area contributed by atoms with Crippen molar-refractivity contribution >= 4 is 23.4 Å². The summed E-state index contributed by atoms with van der Waals surface area (Å²) in [7, 11) is -4.12. The zero-order valence-corrected chi connectivity index (χ0v) is 23.3. The molecular weight excluding hydrogens is 442 g/mol. The van der Waals surface area contributed by atoms with Crippen LogP contribution >= 0.6 is 0 Å². The average molecular weight is 486 g/mol. The van der Waals surface area contributed by atoms with Crippen LogP contribution in [0.3, 0.4) is 0 Å². The van der Waals surface area contributed by atoms with Crippen molar-refractivity contribution in [1.82, 2.24) is 9.55 Å². The van der Waals surface area contributed by atoms with Crippen LogP contribution in [0.15, 0.2) is 17.1 Å². The van der Waals surface area contributed by atoms with Crippen LogP contribution in [0.2, 0.25) is 22.2 Å². The number of anilines is 1. The smallest absolute Gasteiger partial charge is 0.351 e. The molecule has 184 valence electrons. The van der Waals surface area contributed by atoms with E-state index in [0.29, 0.717) is 11.1 Å². The molecule has 32 heavy (non-hydrogen) atoms. The molecule has 10 heteroatoms. The Morgan fingerprint density at radius 2 is 1.75 bits per heavy atom. The highest BCUT2D eigenvalue weighted by atomic mass is 28.4. The largest absolute Gasteiger partial charge is 0.437 e. The van der Waals surface area contributed by atoms with Crippen LogP contribution < -0.4 is 11.4 Å². The van der Waals surface area contributed by atoms with Crippen LogP contribution in [0.1, 0.15) is 68.5 Å². The van der Waals surface area contributed by atoms with Gasteiger partial charge in [0.1, 0.15) is 18.1 Å². The summed E-state index contributed by atoms with van der Waals surface area (Å²) in [4.78, 5) is 16.1. The van der Waals surface area contributed by atoms with Gasteiger partial charge in [0.05, 0.1) is 12.7 Å². The van der Waals surface area contributed by atoms with Crippen LogP contribution in [0, 0.1) is 5.92 Å². The molecule has 1 aromatic heterocycles. The third-order valence-electron chi connectivity index (χ3n) is 6.53. The second-order valence-corrected chi connectivity index (χ2v) is 18.9. The molecule has 1 unspecified atom stereocenters. The molecular formula is C22H43N3O5Si2. The molecule has 2 rings (SSSR count). The first-order valence-electron chi connectivity index (χ1n) is 11.8. The summed E-state index contributed by atoms with van der Waals surface area (Å²) in [5.74, 6) is -0.136. The van der Waals surface area contributed by atoms with Gasteiger partial charge in [-0.05, 0) is 28.2 Å². The first-order valence-corrected chi connectivity index (χ1v) is 15.6. The molecule has 1 fully saturated rings. The van der Waals surface area contributed by atoms with Gasteiger partial charge in [-0.1, -0.05) is 62.3 Å². The number of nitrogens with two attached hydrogens (primary N) is 1. The van der Waals surface area contributed by atoms with Gasteiger partial charge >= 0.3 is 14.3 Å². The summed E-state index contributed by atoms with van der Waals surface area (Å²) in [6, 6.07) is 1.56. The molecule has 2 heterocycles. The quantitative estimate of drug-likeness (QED) is 0.488. The van der Waals surface area contributed by atoms with Gasteiger partial charge in [-0.2, -0.15) is 4.98 Å². The van der Waals surface area contributed by atoms with Gasteiger partial charge in [0, 0.05) is 12.1 Å². The lowest BCUT2D eigenvalue weighted by atomic mass is 10.0. The highest BCUT2D eigenvalue weighted by Gasteiger charge is 2.50. The number of aliphatic hydroxyl groups excluding tert-OH is 1. The maximum Gasteiger partial charge on any atom is 0.351 e. The predicted molar refractivity (Wildman–Crippen MR) is 132 cm³/mol. The van der Waals surface area contributed by atoms with Gasteiger partial charge in [0.25, 0.3) is 0 Å². The number of aliphatic hydroxyl groups is 1. The minimum atomic E-state index is -2.60. The van der Waals surface area contributed by atoms with Crippen LogP contribution in [-0.4, -0.2) is 51.1 Å². The van der Waals surface area contributed by atoms with Crippen molar-refractivity contribution in [2.24, 2.45) is 5.92 Å². The van der Waals surface area contributed by atoms with Crippen LogP contribution in [0.5, 0.6) is 0 Å². The molecule has 1 aliphatic rings. The number of nitrogens with zero attached hydrogens (tertiary/aromatic N) is 2. The third kappa shape index (κ3) is 5.71. The van der Waals surface area contributed by atoms with Crippen molar-refractivity contribution in [2.75, 3.05) is 12.3 Å². The first-order chi connectivity index (χ1) is 14.8. The summed E-state index contributed by atoms with van der Waals surface area (Å²) >= 11 is 0. The Hall–Kier alpha value is -1.05. The van der Waals surface area contributed by atoms with E-state index in [0.717, 1.165) is 0 Å². The minimum Gasteiger partial charge on any atom is -0.437 e. The Kier molecular flexibility index (Phi) is 9.28. The number of hydrogen-bond donors (Lipinski definition) is 2. The molecule has 4 atom stereocenters. The van der Waals surface area contributed by atoms with Gasteiger partial charge < -0.3 is 24.1 Å². The predicted octanol–water partition coefficient (Wildman–Crippen LogP) is 3.56. The monoisotopic (exact) mass is 485 g/mol. The van der Waals surface area contributed by atoms with E-state index >= 15 is 0 Å². The van der Waals surface area contributed by atoms with Crippen molar-refractivity contribution in [3.05, 3.63) is 22.7 Å². The second-order valence-electron chi connectivity index (χ2n) is 10.4. The first kappa shape index (κ1) is 27.2. The van der Waals surface area contributed by atoms with Crippen LogP contribution in [0.25, 0.3) is 0 Å². The van der Waals surface area contributed by atoms with E-state index < -0.39 is 41.7 Å². The molecule has 0 spiro atoms. The van der Waals surface area contributed by atoms with E-state index in [1.54, 1.807) is 12.3 Å². The van der Waals surface area contributed by atoms with Crippen molar-refractivity contribution in [2.45, 2.75) is 103 Å². The zero-order chi connectivity index (χ0) is 24.4. The molecule has 0 bridgehead atoms. The minimum absolute atomic E-state index is 0.160. The van der Waals surface area contributed by atoms with Gasteiger partial charge in [-0.15, -0.1) is 0 Å². The Bertz CT molecular complexity index is 786. The molecule has 1 aliphatic heterocycles. The zero-order valence-electron chi connectivity index (χ0n) is 21.1. The van der Waals surface area contributed by atoms with E-state index in [2.05, 4.69) is 60.4 Å². The lowest BCUT2D eigenvalue weighted by Crippen LogP contribution is -2.54. The normalized spacial score (nSPS) is 24.6. The molecule has 0 amide bonds. The molecule has 3 N–H and O–H groups in total. The topological polar surface area (TPSA) is 109 Å². The summed E-state index contributed by atoms with van der Waals surface area (Å²) in [5.41, 5.74) is 6.64. The molecule has 1 saturated heterocycles. The molecule has 0 saturated carbocycles. The van der Waals surface area contributed by atoms with Gasteiger partial charge in [0.2, 0.25) is 0 Å². The van der Waals surface area contributed by atoms with Crippen molar-refractivity contribution < 1.29 is 18.4 Å². The Labute approximate surface area is 195 Å². The van der Waals surface area contributed by atoms with Gasteiger partial charge in [0.15, 0.2) is 9.04 Å². The van der Waals surface area contributed by atoms with E-state index in [9.17, 15) is 9.90 Å². The summed E-state index contributed by atoms with van der Waals surface area (Å²) in [6.07, 6.45) is -0.375. The number of rotatable bonds is 10. The maximum absolute atomic E-state index is 12.3. The van der Waals surface area contributed by atoms with Gasteiger partial charge in [-0.25, -0.2) is 4.79 Å². The fourth-order valence-electron chi connectivity index (χ4n) is 4.74. The number of hydrogen-bond acceptors (Lipinski definition) is 7. The molecule has 0 radical (unpaired) electrons. The molecule has 1 aromatic rings. The standard InChI is InChI=1S/C22H43N3O5Si2/c1-13(2)31(14(3)4)30-32(15(5)6,16(7)8)28-12-18-20(26)17(9)21(29-18)25-11-10-19(23)24-22(25)27/h10-11,13-18,20-21,26,31H,12H2,1-9H3,(H2,23,24,27)/t17-,18-,20?,21-/m1/s1. The number of aromatic nitrogens is 2. The van der Waals surface area contributed by atoms with E-state index in [1.165, 1.54) is 4.57 Å². The SMILES string of the molecule is CC(C)[SiH](O[Si](OC[C@H]1O[C@@H](n2ccc(N)nc2=O)[C@H](C)C1O)(C(C)C)C(C)C)C(C)C. The fraction of sp³-hybridized carbons (Fsp3) is 0.818. The fourth-order valence-corrected chi connectivity index (χ4v) is 15.0. The summed E-state index contributed by atoms with van der Waals surface area (Å²) < 4.78 is 21.2. The number of nitrogen functional groups attached to an aromatic ring is 1. The highest BCUT2D eigenvalue weighted by Crippen LogP contribution is 2.40. The molecule has 0 aromatic carbocycles. The van der Waals surface area contributed by atoms with E-state index in [4.69, 9.17) is 19.0 Å². The summed E-state index contributed by atoms with van der Waals surface area (Å²) in [5, 5.41) is 10.9. The second kappa shape index (κ2) is 10.9. The van der Waals surface area contributed by atoms with Crippen molar-refractivity contribution in [3.8, 4) is 0 Å². The van der Waals surface area contributed by atoms with Crippen LogP contribution in [-0.2, 0) is 13.3 Å². The Morgan fingerprint density at radius 3 is 2.22 bits per heavy atom. The lowest BCUT2D eigenvalue weighted by molar-refractivity contribution is -0.0482. The molecule has 0 aliphatic carbocycles. The molecule has 8 nitrogen and oxygen atoms in total. The Morgan fingerprint density at radius 1 is 1.19 bits per heavy atom. The van der Waals surface area contributed by atoms with Crippen molar-refractivity contribution in [3.63, 3.8) is 0 Å². The lowest BCUT2D eigenvalue weighted by Gasteiger charge is -2.43. The highest BCUT2D eigenvalue weighted by molar-refractivity contribution is 6.78. The van der Waals surface area contributed by atoms with Crippen LogP contribution in [0.4, 0.5) is 5.82 Å². The van der Waals surface area contributed by atoms with E-state index in [-0.39, 0.29) is 29.4 Å².